The standard InChI is InChI=1S/C63H76F2N10O7S/c1-7-45-48(64)15-12-39-22-42(76)23-46(51(39)45)53-52(65)54-47(25-66-53)57(74-26-40-13-14-41(27-74)69-40)72-60(71-54)82-33-63(20-21-63)32-73-30-62(31-73)18-16-44(17-19-62)81-29-50(78)70-56(61(4,5)6)59(80)75-28-43(77)24-49(75)58(79)68-35(2)37-8-10-38(11-9-37)55-36(3)67-34-83-55/h8-12,15,22-23,25,34-35,40-41,43-44,49,56,69,76-77H,7,13-14,16-21,24,26-33H2,1-6H3,(H,68,79)(H,70,78)/t35-,40?,41?,43+,49-,56+/m0/s1. The maximum absolute atomic E-state index is 17.3. The second-order valence-corrected chi connectivity index (χ2v) is 26.7. The number of nitrogens with one attached hydrogen (secondary N) is 3. The van der Waals surface area contributed by atoms with Gasteiger partial charge in [0.2, 0.25) is 17.7 Å². The van der Waals surface area contributed by atoms with E-state index in [9.17, 15) is 24.6 Å². The summed E-state index contributed by atoms with van der Waals surface area (Å²) in [5.41, 5.74) is 4.84. The summed E-state index contributed by atoms with van der Waals surface area (Å²) in [6, 6.07) is 12.4. The summed E-state index contributed by atoms with van der Waals surface area (Å²) in [5, 5.41) is 32.8. The van der Waals surface area contributed by atoms with E-state index in [2.05, 4.69) is 35.7 Å². The molecule has 83 heavy (non-hydrogen) atoms. The minimum atomic E-state index is -0.963. The Morgan fingerprint density at radius 3 is 2.35 bits per heavy atom. The van der Waals surface area contributed by atoms with E-state index in [0.29, 0.717) is 53.7 Å². The number of ether oxygens (including phenoxy) is 2. The lowest BCUT2D eigenvalue weighted by Crippen LogP contribution is -2.59. The van der Waals surface area contributed by atoms with Crippen LogP contribution in [0.3, 0.4) is 0 Å². The molecule has 1 spiro atoms. The molecule has 3 amide bonds. The van der Waals surface area contributed by atoms with Gasteiger partial charge in [-0.1, -0.05) is 58.0 Å². The molecule has 5 N–H and O–H groups in total. The number of nitrogens with zero attached hydrogens (tertiary/aromatic N) is 7. The zero-order valence-electron chi connectivity index (χ0n) is 48.3. The number of fused-ring (bicyclic) bond motifs is 4. The van der Waals surface area contributed by atoms with Crippen LogP contribution in [0.25, 0.3) is 43.4 Å². The average Bonchev–Trinajstić information content (AvgIpc) is 3.16. The number of aryl methyl sites for hydroxylation is 2. The first-order chi connectivity index (χ1) is 39.7. The molecule has 6 fully saturated rings. The van der Waals surface area contributed by atoms with Gasteiger partial charge in [0.05, 0.1) is 46.3 Å². The molecule has 4 saturated heterocycles. The van der Waals surface area contributed by atoms with Crippen LogP contribution < -0.4 is 25.6 Å². The van der Waals surface area contributed by atoms with Crippen molar-refractivity contribution in [3.63, 3.8) is 0 Å². The molecule has 4 aliphatic heterocycles. The third kappa shape index (κ3) is 11.6. The van der Waals surface area contributed by atoms with Gasteiger partial charge in [0.25, 0.3) is 0 Å². The number of thiazole rings is 1. The van der Waals surface area contributed by atoms with Crippen molar-refractivity contribution in [2.45, 2.75) is 148 Å². The Bertz CT molecular complexity index is 3440. The monoisotopic (exact) mass is 1150 g/mol. The number of rotatable bonds is 17. The summed E-state index contributed by atoms with van der Waals surface area (Å²) in [5.74, 6) is -1.79. The van der Waals surface area contributed by atoms with Gasteiger partial charge >= 0.3 is 6.01 Å². The summed E-state index contributed by atoms with van der Waals surface area (Å²) < 4.78 is 45.2. The molecule has 20 heteroatoms. The van der Waals surface area contributed by atoms with Crippen molar-refractivity contribution in [2.75, 3.05) is 57.4 Å². The Balaban J connectivity index is 0.643. The van der Waals surface area contributed by atoms with Gasteiger partial charge in [-0.05, 0) is 128 Å². The molecule has 440 valence electrons. The number of β-amino-alcohol motifs (C(OH)–C–C–N with tert-alkyl or cyclic N) is 1. The number of carbonyl (C=O) groups excluding carboxylic acids is 3. The number of anilines is 1. The molecule has 0 radical (unpaired) electrons. The zero-order chi connectivity index (χ0) is 58.1. The highest BCUT2D eigenvalue weighted by Gasteiger charge is 2.52. The number of aliphatic hydroxyl groups excluding tert-OH is 1. The summed E-state index contributed by atoms with van der Waals surface area (Å²) in [4.78, 5) is 67.7. The number of phenolic OH excluding ortho intramolecular Hbond substituents is 1. The lowest BCUT2D eigenvalue weighted by molar-refractivity contribution is -0.145. The van der Waals surface area contributed by atoms with E-state index in [1.165, 1.54) is 17.0 Å². The number of phenols is 1. The van der Waals surface area contributed by atoms with Gasteiger partial charge in [0.15, 0.2) is 5.82 Å². The summed E-state index contributed by atoms with van der Waals surface area (Å²) in [6.07, 6.45) is 8.71. The largest absolute Gasteiger partial charge is 0.508 e. The molecule has 6 atom stereocenters. The third-order valence-electron chi connectivity index (χ3n) is 18.6. The van der Waals surface area contributed by atoms with Crippen LogP contribution in [0.15, 0.2) is 60.2 Å². The first kappa shape index (κ1) is 57.0. The number of pyridine rings is 1. The van der Waals surface area contributed by atoms with E-state index in [1.807, 2.05) is 71.3 Å². The normalized spacial score (nSPS) is 22.9. The second-order valence-electron chi connectivity index (χ2n) is 25.9. The van der Waals surface area contributed by atoms with E-state index >= 15 is 8.78 Å². The fraction of sp³-hybridized carbons (Fsp3) is 0.540. The molecule has 2 unspecified atom stereocenters. The molecule has 6 aromatic rings. The third-order valence-corrected chi connectivity index (χ3v) is 19.5. The molecular weight excluding hydrogens is 1080 g/mol. The Morgan fingerprint density at radius 1 is 0.940 bits per heavy atom. The first-order valence-electron chi connectivity index (χ1n) is 29.6. The van der Waals surface area contributed by atoms with Gasteiger partial charge in [-0.2, -0.15) is 9.97 Å². The van der Waals surface area contributed by atoms with E-state index in [0.717, 1.165) is 92.7 Å². The highest BCUT2D eigenvalue weighted by Crippen LogP contribution is 2.51. The Morgan fingerprint density at radius 2 is 1.67 bits per heavy atom. The number of benzene rings is 3. The van der Waals surface area contributed by atoms with Crippen molar-refractivity contribution < 1.29 is 42.9 Å². The highest BCUT2D eigenvalue weighted by atomic mass is 32.1. The fourth-order valence-corrected chi connectivity index (χ4v) is 14.7. The van der Waals surface area contributed by atoms with Gasteiger partial charge in [0, 0.05) is 74.9 Å². The smallest absolute Gasteiger partial charge is 0.319 e. The van der Waals surface area contributed by atoms with Crippen LogP contribution in [-0.2, 0) is 25.5 Å². The van der Waals surface area contributed by atoms with Gasteiger partial charge in [-0.15, -0.1) is 11.3 Å². The molecular formula is C63H76F2N10O7S. The van der Waals surface area contributed by atoms with Crippen molar-refractivity contribution >= 4 is 56.6 Å². The molecule has 3 aromatic carbocycles. The van der Waals surface area contributed by atoms with Crippen molar-refractivity contribution in [1.82, 2.24) is 45.7 Å². The van der Waals surface area contributed by atoms with Crippen molar-refractivity contribution in [1.29, 1.82) is 0 Å². The SMILES string of the molecule is CCc1c(F)ccc2cc(O)cc(-c3ncc4c(N5CC6CCC(C5)N6)nc(OCC5(CN6CC7(CCC(OCC(=O)N[C@H](C(=O)N8C[C@H](O)C[C@H]8C(=O)N[C@@H](C)c8ccc(-c9scnc9C)cc8)C(C)(C)C)CC7)C6)CC5)nc4c3F)c12. The highest BCUT2D eigenvalue weighted by molar-refractivity contribution is 7.13. The Labute approximate surface area is 487 Å². The van der Waals surface area contributed by atoms with Crippen molar-refractivity contribution in [3.05, 3.63) is 88.7 Å². The van der Waals surface area contributed by atoms with Gasteiger partial charge in [0.1, 0.15) is 47.3 Å². The number of amides is 3. The number of aliphatic hydroxyl groups is 1. The topological polar surface area (TPSA) is 208 Å². The maximum atomic E-state index is 17.3. The number of aromatic hydroxyl groups is 1. The number of hydrogen-bond donors (Lipinski definition) is 5. The van der Waals surface area contributed by atoms with Gasteiger partial charge < -0.3 is 50.3 Å². The summed E-state index contributed by atoms with van der Waals surface area (Å²) in [6.45, 7) is 15.7. The number of likely N-dealkylation sites (tertiary alicyclic amines) is 2. The van der Waals surface area contributed by atoms with Crippen LogP contribution in [-0.4, -0.2) is 147 Å². The first-order valence-corrected chi connectivity index (χ1v) is 30.5. The molecule has 2 saturated carbocycles. The van der Waals surface area contributed by atoms with E-state index in [4.69, 9.17) is 19.4 Å². The lowest BCUT2D eigenvalue weighted by Gasteiger charge is -2.54. The quantitative estimate of drug-likeness (QED) is 0.0580. The molecule has 2 aliphatic carbocycles. The average molecular weight is 1160 g/mol. The predicted octanol–water partition coefficient (Wildman–Crippen LogP) is 8.55. The molecule has 6 aliphatic rings. The second kappa shape index (κ2) is 22.5. The molecule has 2 bridgehead atoms. The maximum Gasteiger partial charge on any atom is 0.319 e. The van der Waals surface area contributed by atoms with Gasteiger partial charge in [-0.25, -0.2) is 13.8 Å². The van der Waals surface area contributed by atoms with Crippen LogP contribution in [0.4, 0.5) is 14.6 Å². The lowest BCUT2D eigenvalue weighted by atomic mass is 9.67. The van der Waals surface area contributed by atoms with Crippen LogP contribution in [0, 0.1) is 34.8 Å². The number of carbonyl (C=O) groups is 3. The Hall–Kier alpha value is -6.45. The molecule has 7 heterocycles. The Kier molecular flexibility index (Phi) is 15.5. The van der Waals surface area contributed by atoms with Crippen LogP contribution in [0.1, 0.15) is 115 Å². The van der Waals surface area contributed by atoms with Crippen LogP contribution >= 0.6 is 11.3 Å². The minimum absolute atomic E-state index is 0.0161. The molecule has 17 nitrogen and oxygen atoms in total. The number of aromatic nitrogens is 4. The van der Waals surface area contributed by atoms with Crippen molar-refractivity contribution in [3.8, 4) is 33.5 Å². The number of piperazine rings is 1. The summed E-state index contributed by atoms with van der Waals surface area (Å²) in [7, 11) is 0. The predicted molar refractivity (Wildman–Crippen MR) is 314 cm³/mol. The number of hydrogen-bond acceptors (Lipinski definition) is 15. The van der Waals surface area contributed by atoms with E-state index < -0.39 is 47.1 Å². The van der Waals surface area contributed by atoms with Crippen LogP contribution in [0.2, 0.25) is 0 Å². The van der Waals surface area contributed by atoms with Crippen LogP contribution in [0.5, 0.6) is 11.8 Å². The van der Waals surface area contributed by atoms with Gasteiger partial charge in [-0.3, -0.25) is 19.4 Å². The number of halogens is 2. The van der Waals surface area contributed by atoms with Crippen molar-refractivity contribution in [2.24, 2.45) is 16.2 Å². The van der Waals surface area contributed by atoms with E-state index in [1.54, 1.807) is 29.7 Å². The molecule has 12 rings (SSSR count). The minimum Gasteiger partial charge on any atom is -0.508 e. The van der Waals surface area contributed by atoms with E-state index in [-0.39, 0.29) is 89.1 Å². The molecule has 3 aromatic heterocycles. The fourth-order valence-electron chi connectivity index (χ4n) is 13.8. The summed E-state index contributed by atoms with van der Waals surface area (Å²) >= 11 is 1.58. The zero-order valence-corrected chi connectivity index (χ0v) is 49.1.